The number of nitrogens with zero attached hydrogens (tertiary/aromatic N) is 5. The van der Waals surface area contributed by atoms with Crippen molar-refractivity contribution in [3.8, 4) is 0 Å². The van der Waals surface area contributed by atoms with Gasteiger partial charge in [-0.05, 0) is 31.1 Å². The molecule has 2 aromatic heterocycles. The highest BCUT2D eigenvalue weighted by molar-refractivity contribution is 6.03. The number of piperidine rings is 2. The molecular weight excluding hydrogens is 358 g/mol. The standard InChI is InChI=1S/C20H23N5O3/c26-19(15-7-22-24-4-2-21-8-18(15)24)25-16-5-13(16)6-17(25)20(27)23-3-1-12-10-28-11-14(12)9-23/h2,4,7-8,12-14,16-17H,1,3,5-6,9-11H2/t12-,13+,14+,16+,17+/m1/s1. The van der Waals surface area contributed by atoms with E-state index in [1.54, 1.807) is 29.3 Å². The molecule has 6 rings (SSSR count). The highest BCUT2D eigenvalue weighted by atomic mass is 16.5. The quantitative estimate of drug-likeness (QED) is 0.770. The van der Waals surface area contributed by atoms with Crippen LogP contribution in [0.15, 0.2) is 24.8 Å². The van der Waals surface area contributed by atoms with Crippen LogP contribution >= 0.6 is 0 Å². The molecule has 3 saturated heterocycles. The Morgan fingerprint density at radius 1 is 1.11 bits per heavy atom. The van der Waals surface area contributed by atoms with Crippen LogP contribution in [0.2, 0.25) is 0 Å². The molecule has 2 amide bonds. The molecule has 0 unspecified atom stereocenters. The molecule has 2 aromatic rings. The Labute approximate surface area is 162 Å². The predicted molar refractivity (Wildman–Crippen MR) is 98.5 cm³/mol. The molecule has 0 radical (unpaired) electrons. The zero-order valence-electron chi connectivity index (χ0n) is 15.6. The van der Waals surface area contributed by atoms with Crippen LogP contribution in [0.5, 0.6) is 0 Å². The molecule has 28 heavy (non-hydrogen) atoms. The summed E-state index contributed by atoms with van der Waals surface area (Å²) in [7, 11) is 0. The summed E-state index contributed by atoms with van der Waals surface area (Å²) in [6.45, 7) is 3.12. The summed E-state index contributed by atoms with van der Waals surface area (Å²) < 4.78 is 7.26. The van der Waals surface area contributed by atoms with E-state index in [0.717, 1.165) is 45.6 Å². The molecule has 8 heteroatoms. The highest BCUT2D eigenvalue weighted by Crippen LogP contribution is 2.49. The molecule has 8 nitrogen and oxygen atoms in total. The molecule has 5 heterocycles. The summed E-state index contributed by atoms with van der Waals surface area (Å²) in [5.41, 5.74) is 1.22. The molecule has 0 N–H and O–H groups in total. The second kappa shape index (κ2) is 6.01. The molecule has 4 aliphatic rings. The molecule has 146 valence electrons. The van der Waals surface area contributed by atoms with E-state index in [-0.39, 0.29) is 23.9 Å². The Balaban J connectivity index is 1.26. The Morgan fingerprint density at radius 2 is 2.00 bits per heavy atom. The number of carbonyl (C=O) groups excluding carboxylic acids is 2. The summed E-state index contributed by atoms with van der Waals surface area (Å²) >= 11 is 0. The maximum absolute atomic E-state index is 13.4. The molecule has 1 saturated carbocycles. The van der Waals surface area contributed by atoms with Crippen molar-refractivity contribution in [2.45, 2.75) is 31.3 Å². The van der Waals surface area contributed by atoms with Gasteiger partial charge in [-0.25, -0.2) is 4.52 Å². The molecule has 0 aromatic carbocycles. The summed E-state index contributed by atoms with van der Waals surface area (Å²) in [5, 5.41) is 4.27. The number of amides is 2. The minimum atomic E-state index is -0.346. The van der Waals surface area contributed by atoms with Gasteiger partial charge in [0, 0.05) is 44.0 Å². The second-order valence-corrected chi connectivity index (χ2v) is 8.62. The summed E-state index contributed by atoms with van der Waals surface area (Å²) in [6.07, 6.45) is 9.42. The number of ether oxygens (including phenoxy) is 1. The van der Waals surface area contributed by atoms with Crippen molar-refractivity contribution in [1.82, 2.24) is 24.4 Å². The third-order valence-corrected chi connectivity index (χ3v) is 7.05. The normalized spacial score (nSPS) is 33.8. The number of aromatic nitrogens is 3. The minimum Gasteiger partial charge on any atom is -0.381 e. The second-order valence-electron chi connectivity index (χ2n) is 8.62. The zero-order chi connectivity index (χ0) is 18.8. The topological polar surface area (TPSA) is 80.0 Å². The number of fused-ring (bicyclic) bond motifs is 3. The van der Waals surface area contributed by atoms with Crippen LogP contribution in [0.1, 0.15) is 29.6 Å². The lowest BCUT2D eigenvalue weighted by molar-refractivity contribution is -0.138. The monoisotopic (exact) mass is 381 g/mol. The lowest BCUT2D eigenvalue weighted by Gasteiger charge is -2.37. The Kier molecular flexibility index (Phi) is 3.53. The molecule has 5 atom stereocenters. The van der Waals surface area contributed by atoms with Gasteiger partial charge in [0.05, 0.1) is 30.1 Å². The van der Waals surface area contributed by atoms with Crippen LogP contribution in [-0.4, -0.2) is 74.6 Å². The predicted octanol–water partition coefficient (Wildman–Crippen LogP) is 0.827. The van der Waals surface area contributed by atoms with Gasteiger partial charge >= 0.3 is 0 Å². The van der Waals surface area contributed by atoms with Gasteiger partial charge < -0.3 is 14.5 Å². The van der Waals surface area contributed by atoms with E-state index in [9.17, 15) is 9.59 Å². The lowest BCUT2D eigenvalue weighted by Crippen LogP contribution is -2.53. The van der Waals surface area contributed by atoms with E-state index in [4.69, 9.17) is 4.74 Å². The van der Waals surface area contributed by atoms with E-state index in [0.29, 0.717) is 28.8 Å². The Hall–Kier alpha value is -2.48. The van der Waals surface area contributed by atoms with Gasteiger partial charge in [0.1, 0.15) is 6.04 Å². The molecular formula is C20H23N5O3. The van der Waals surface area contributed by atoms with Crippen LogP contribution in [-0.2, 0) is 9.53 Å². The number of hydrogen-bond acceptors (Lipinski definition) is 5. The third kappa shape index (κ3) is 2.40. The van der Waals surface area contributed by atoms with Crippen molar-refractivity contribution in [1.29, 1.82) is 0 Å². The maximum atomic E-state index is 13.4. The van der Waals surface area contributed by atoms with Crippen LogP contribution in [0.4, 0.5) is 0 Å². The van der Waals surface area contributed by atoms with Gasteiger partial charge in [0.2, 0.25) is 5.91 Å². The summed E-state index contributed by atoms with van der Waals surface area (Å²) in [4.78, 5) is 34.7. The highest BCUT2D eigenvalue weighted by Gasteiger charge is 2.57. The number of rotatable bonds is 2. The average Bonchev–Trinajstić information content (AvgIpc) is 3.10. The molecule has 1 aliphatic carbocycles. The van der Waals surface area contributed by atoms with Gasteiger partial charge in [0.15, 0.2) is 0 Å². The van der Waals surface area contributed by atoms with Gasteiger partial charge in [-0.3, -0.25) is 14.6 Å². The first kappa shape index (κ1) is 16.5. The third-order valence-electron chi connectivity index (χ3n) is 7.05. The zero-order valence-corrected chi connectivity index (χ0v) is 15.6. The van der Waals surface area contributed by atoms with E-state index in [2.05, 4.69) is 10.1 Å². The van der Waals surface area contributed by atoms with Crippen molar-refractivity contribution in [3.63, 3.8) is 0 Å². The molecule has 4 fully saturated rings. The van der Waals surface area contributed by atoms with E-state index in [1.807, 2.05) is 9.80 Å². The number of likely N-dealkylation sites (tertiary alicyclic amines) is 2. The minimum absolute atomic E-state index is 0.0922. The van der Waals surface area contributed by atoms with Crippen LogP contribution in [0.25, 0.3) is 5.52 Å². The fourth-order valence-electron chi connectivity index (χ4n) is 5.38. The average molecular weight is 381 g/mol. The van der Waals surface area contributed by atoms with Crippen molar-refractivity contribution < 1.29 is 14.3 Å². The Morgan fingerprint density at radius 3 is 2.93 bits per heavy atom. The van der Waals surface area contributed by atoms with Gasteiger partial charge in [0.25, 0.3) is 5.91 Å². The molecule has 3 aliphatic heterocycles. The number of carbonyl (C=O) groups is 2. The van der Waals surface area contributed by atoms with E-state index < -0.39 is 0 Å². The molecule has 0 bridgehead atoms. The fourth-order valence-corrected chi connectivity index (χ4v) is 5.38. The summed E-state index contributed by atoms with van der Waals surface area (Å²) in [6, 6.07) is -0.151. The fraction of sp³-hybridized carbons (Fsp3) is 0.600. The van der Waals surface area contributed by atoms with Gasteiger partial charge in [-0.15, -0.1) is 0 Å². The Bertz CT molecular complexity index is 958. The van der Waals surface area contributed by atoms with Crippen molar-refractivity contribution in [2.75, 3.05) is 26.3 Å². The summed E-state index contributed by atoms with van der Waals surface area (Å²) in [5.74, 6) is 1.52. The van der Waals surface area contributed by atoms with E-state index in [1.165, 1.54) is 0 Å². The van der Waals surface area contributed by atoms with Gasteiger partial charge in [-0.2, -0.15) is 5.10 Å². The van der Waals surface area contributed by atoms with Crippen molar-refractivity contribution >= 4 is 17.3 Å². The maximum Gasteiger partial charge on any atom is 0.258 e. The first-order valence-electron chi connectivity index (χ1n) is 10.2. The lowest BCUT2D eigenvalue weighted by atomic mass is 9.88. The smallest absolute Gasteiger partial charge is 0.258 e. The molecule has 0 spiro atoms. The number of hydrogen-bond donors (Lipinski definition) is 0. The van der Waals surface area contributed by atoms with Crippen LogP contribution < -0.4 is 0 Å². The first-order valence-corrected chi connectivity index (χ1v) is 10.2. The van der Waals surface area contributed by atoms with Crippen molar-refractivity contribution in [3.05, 3.63) is 30.4 Å². The SMILES string of the molecule is O=C([C@@H]1C[C@@H]2C[C@@H]2N1C(=O)c1cnn2ccncc12)N1CC[C@@H]2COC[C@@H]2C1. The largest absolute Gasteiger partial charge is 0.381 e. The first-order chi connectivity index (χ1) is 13.7. The van der Waals surface area contributed by atoms with Crippen LogP contribution in [0, 0.1) is 17.8 Å². The van der Waals surface area contributed by atoms with Crippen molar-refractivity contribution in [2.24, 2.45) is 17.8 Å². The van der Waals surface area contributed by atoms with Crippen LogP contribution in [0.3, 0.4) is 0 Å². The van der Waals surface area contributed by atoms with Gasteiger partial charge in [-0.1, -0.05) is 0 Å². The van der Waals surface area contributed by atoms with E-state index >= 15 is 0 Å².